The SMILES string of the molecule is NCc1cncc(Oc2cccc([N+](=O)[O-])c2Br)c1. The summed E-state index contributed by atoms with van der Waals surface area (Å²) in [6, 6.07) is 6.31. The minimum Gasteiger partial charge on any atom is -0.454 e. The maximum absolute atomic E-state index is 10.8. The monoisotopic (exact) mass is 323 g/mol. The van der Waals surface area contributed by atoms with Crippen molar-refractivity contribution in [3.63, 3.8) is 0 Å². The summed E-state index contributed by atoms with van der Waals surface area (Å²) in [5, 5.41) is 10.8. The van der Waals surface area contributed by atoms with Crippen LogP contribution in [0.3, 0.4) is 0 Å². The topological polar surface area (TPSA) is 91.3 Å². The second-order valence-electron chi connectivity index (χ2n) is 3.68. The van der Waals surface area contributed by atoms with Crippen LogP contribution in [0.1, 0.15) is 5.56 Å². The molecule has 98 valence electrons. The number of benzene rings is 1. The zero-order valence-corrected chi connectivity index (χ0v) is 11.3. The minimum absolute atomic E-state index is 0.0551. The van der Waals surface area contributed by atoms with Gasteiger partial charge in [-0.1, -0.05) is 6.07 Å². The molecule has 0 bridgehead atoms. The number of nitro groups is 1. The lowest BCUT2D eigenvalue weighted by Gasteiger charge is -2.08. The molecular formula is C12H10BrN3O3. The van der Waals surface area contributed by atoms with Gasteiger partial charge in [0.15, 0.2) is 0 Å². The van der Waals surface area contributed by atoms with Gasteiger partial charge >= 0.3 is 0 Å². The normalized spacial score (nSPS) is 10.2. The van der Waals surface area contributed by atoms with Crippen molar-refractivity contribution in [2.45, 2.75) is 6.54 Å². The van der Waals surface area contributed by atoms with E-state index in [9.17, 15) is 10.1 Å². The molecule has 0 fully saturated rings. The van der Waals surface area contributed by atoms with Gasteiger partial charge in [-0.25, -0.2) is 0 Å². The number of hydrogen-bond acceptors (Lipinski definition) is 5. The summed E-state index contributed by atoms with van der Waals surface area (Å²) < 4.78 is 5.86. The number of nitro benzene ring substituents is 1. The lowest BCUT2D eigenvalue weighted by atomic mass is 10.3. The number of aromatic nitrogens is 1. The number of pyridine rings is 1. The Morgan fingerprint density at radius 2 is 2.21 bits per heavy atom. The van der Waals surface area contributed by atoms with Crippen LogP contribution >= 0.6 is 15.9 Å². The molecule has 0 saturated carbocycles. The summed E-state index contributed by atoms with van der Waals surface area (Å²) in [5.74, 6) is 0.828. The number of nitrogens with zero attached hydrogens (tertiary/aromatic N) is 2. The number of halogens is 1. The molecule has 0 radical (unpaired) electrons. The molecule has 2 rings (SSSR count). The maximum Gasteiger partial charge on any atom is 0.287 e. The number of nitrogens with two attached hydrogens (primary N) is 1. The molecule has 1 heterocycles. The van der Waals surface area contributed by atoms with E-state index >= 15 is 0 Å². The fourth-order valence-electron chi connectivity index (χ4n) is 1.48. The van der Waals surface area contributed by atoms with E-state index in [0.717, 1.165) is 5.56 Å². The van der Waals surface area contributed by atoms with Crippen LogP contribution in [-0.2, 0) is 6.54 Å². The smallest absolute Gasteiger partial charge is 0.287 e. The fraction of sp³-hybridized carbons (Fsp3) is 0.0833. The zero-order valence-electron chi connectivity index (χ0n) is 9.75. The Kier molecular flexibility index (Phi) is 4.08. The van der Waals surface area contributed by atoms with Crippen LogP contribution in [0.2, 0.25) is 0 Å². The Labute approximate surface area is 117 Å². The van der Waals surface area contributed by atoms with E-state index in [0.29, 0.717) is 18.0 Å². The van der Waals surface area contributed by atoms with E-state index in [-0.39, 0.29) is 10.2 Å². The largest absolute Gasteiger partial charge is 0.454 e. The van der Waals surface area contributed by atoms with Gasteiger partial charge in [-0.05, 0) is 33.6 Å². The molecular weight excluding hydrogens is 314 g/mol. The Morgan fingerprint density at radius 3 is 2.89 bits per heavy atom. The summed E-state index contributed by atoms with van der Waals surface area (Å²) in [6.07, 6.45) is 3.15. The first-order valence-corrected chi connectivity index (χ1v) is 6.16. The van der Waals surface area contributed by atoms with Gasteiger partial charge in [-0.3, -0.25) is 15.1 Å². The third-order valence-corrected chi connectivity index (χ3v) is 3.17. The quantitative estimate of drug-likeness (QED) is 0.689. The van der Waals surface area contributed by atoms with Gasteiger partial charge in [0.2, 0.25) is 0 Å². The van der Waals surface area contributed by atoms with E-state index in [1.54, 1.807) is 24.4 Å². The highest BCUT2D eigenvalue weighted by molar-refractivity contribution is 9.10. The lowest BCUT2D eigenvalue weighted by molar-refractivity contribution is -0.385. The molecule has 0 aliphatic rings. The van der Waals surface area contributed by atoms with Crippen molar-refractivity contribution in [1.29, 1.82) is 0 Å². The third kappa shape index (κ3) is 3.07. The zero-order chi connectivity index (χ0) is 13.8. The lowest BCUT2D eigenvalue weighted by Crippen LogP contribution is -1.98. The Morgan fingerprint density at radius 1 is 1.42 bits per heavy atom. The molecule has 1 aromatic heterocycles. The van der Waals surface area contributed by atoms with Gasteiger partial charge in [0.05, 0.1) is 11.1 Å². The van der Waals surface area contributed by atoms with Crippen molar-refractivity contribution in [3.8, 4) is 11.5 Å². The second-order valence-corrected chi connectivity index (χ2v) is 4.47. The van der Waals surface area contributed by atoms with E-state index in [1.807, 2.05) is 0 Å². The molecule has 19 heavy (non-hydrogen) atoms. The minimum atomic E-state index is -0.481. The van der Waals surface area contributed by atoms with Crippen molar-refractivity contribution >= 4 is 21.6 Å². The fourth-order valence-corrected chi connectivity index (χ4v) is 1.97. The molecule has 0 amide bonds. The molecule has 0 aliphatic heterocycles. The van der Waals surface area contributed by atoms with Crippen LogP contribution in [0.5, 0.6) is 11.5 Å². The van der Waals surface area contributed by atoms with Crippen molar-refractivity contribution in [2.75, 3.05) is 0 Å². The van der Waals surface area contributed by atoms with Crippen LogP contribution in [0.4, 0.5) is 5.69 Å². The highest BCUT2D eigenvalue weighted by Crippen LogP contribution is 2.36. The van der Waals surface area contributed by atoms with Crippen molar-refractivity contribution in [3.05, 3.63) is 56.8 Å². The molecule has 0 atom stereocenters. The summed E-state index contributed by atoms with van der Waals surface area (Å²) in [6.45, 7) is 0.348. The van der Waals surface area contributed by atoms with Crippen LogP contribution in [-0.4, -0.2) is 9.91 Å². The predicted octanol–water partition coefficient (Wildman–Crippen LogP) is 3.00. The number of rotatable bonds is 4. The van der Waals surface area contributed by atoms with Gasteiger partial charge in [-0.2, -0.15) is 0 Å². The molecule has 7 heteroatoms. The molecule has 2 N–H and O–H groups in total. The van der Waals surface area contributed by atoms with Gasteiger partial charge < -0.3 is 10.5 Å². The summed E-state index contributed by atoms with van der Waals surface area (Å²) >= 11 is 3.16. The average molecular weight is 324 g/mol. The van der Waals surface area contributed by atoms with Crippen LogP contribution < -0.4 is 10.5 Å². The molecule has 1 aromatic carbocycles. The summed E-state index contributed by atoms with van der Waals surface area (Å²) in [7, 11) is 0. The van der Waals surface area contributed by atoms with Gasteiger partial charge in [0, 0.05) is 18.8 Å². The molecule has 6 nitrogen and oxygen atoms in total. The maximum atomic E-state index is 10.8. The molecule has 0 spiro atoms. The predicted molar refractivity (Wildman–Crippen MR) is 73.0 cm³/mol. The van der Waals surface area contributed by atoms with Crippen LogP contribution in [0.15, 0.2) is 41.1 Å². The van der Waals surface area contributed by atoms with Crippen molar-refractivity contribution in [1.82, 2.24) is 4.98 Å². The first-order chi connectivity index (χ1) is 9.11. The Hall–Kier alpha value is -1.99. The highest BCUT2D eigenvalue weighted by atomic mass is 79.9. The van der Waals surface area contributed by atoms with Crippen LogP contribution in [0, 0.1) is 10.1 Å². The van der Waals surface area contributed by atoms with Crippen molar-refractivity contribution in [2.24, 2.45) is 5.73 Å². The van der Waals surface area contributed by atoms with E-state index in [2.05, 4.69) is 20.9 Å². The Balaban J connectivity index is 2.33. The highest BCUT2D eigenvalue weighted by Gasteiger charge is 2.16. The van der Waals surface area contributed by atoms with E-state index in [4.69, 9.17) is 10.5 Å². The first kappa shape index (κ1) is 13.4. The standard InChI is InChI=1S/C12H10BrN3O3/c13-12-10(16(17)18)2-1-3-11(12)19-9-4-8(5-14)6-15-7-9/h1-4,6-7H,5,14H2. The van der Waals surface area contributed by atoms with Gasteiger partial charge in [0.1, 0.15) is 16.0 Å². The molecule has 0 unspecified atom stereocenters. The van der Waals surface area contributed by atoms with E-state index < -0.39 is 4.92 Å². The van der Waals surface area contributed by atoms with Crippen molar-refractivity contribution < 1.29 is 9.66 Å². The average Bonchev–Trinajstić information content (AvgIpc) is 2.41. The first-order valence-electron chi connectivity index (χ1n) is 5.36. The second kappa shape index (κ2) is 5.77. The van der Waals surface area contributed by atoms with E-state index in [1.165, 1.54) is 12.3 Å². The van der Waals surface area contributed by atoms with Gasteiger partial charge in [0.25, 0.3) is 5.69 Å². The summed E-state index contributed by atoms with van der Waals surface area (Å²) in [4.78, 5) is 14.3. The molecule has 2 aromatic rings. The number of ether oxygens (including phenoxy) is 1. The number of hydrogen-bond donors (Lipinski definition) is 1. The molecule has 0 saturated heterocycles. The summed E-state index contributed by atoms with van der Waals surface area (Å²) in [5.41, 5.74) is 6.28. The Bertz CT molecular complexity index is 619. The molecule has 0 aliphatic carbocycles. The third-order valence-electron chi connectivity index (χ3n) is 2.37. The van der Waals surface area contributed by atoms with Gasteiger partial charge in [-0.15, -0.1) is 0 Å². The van der Waals surface area contributed by atoms with Crippen LogP contribution in [0.25, 0.3) is 0 Å².